The van der Waals surface area contributed by atoms with Gasteiger partial charge < -0.3 is 15.0 Å². The van der Waals surface area contributed by atoms with Crippen LogP contribution in [-0.2, 0) is 9.53 Å². The SMILES string of the molecule is Cc1nnc2ccc(C(=O)OCC(=O)N(c3ccc(Nc4ccccc4)cc3)C(C)C)cn12. The van der Waals surface area contributed by atoms with Crippen LogP contribution in [-0.4, -0.2) is 39.1 Å². The molecule has 33 heavy (non-hydrogen) atoms. The van der Waals surface area contributed by atoms with Gasteiger partial charge in [0.25, 0.3) is 5.91 Å². The topological polar surface area (TPSA) is 88.8 Å². The first-order valence-corrected chi connectivity index (χ1v) is 10.6. The van der Waals surface area contributed by atoms with Gasteiger partial charge in [0, 0.05) is 29.3 Å². The Labute approximate surface area is 191 Å². The highest BCUT2D eigenvalue weighted by molar-refractivity contribution is 5.97. The highest BCUT2D eigenvalue weighted by Crippen LogP contribution is 2.23. The first-order valence-electron chi connectivity index (χ1n) is 10.6. The summed E-state index contributed by atoms with van der Waals surface area (Å²) in [5.74, 6) is -0.222. The molecule has 2 aromatic carbocycles. The molecule has 0 fully saturated rings. The molecule has 0 aliphatic heterocycles. The van der Waals surface area contributed by atoms with Crippen molar-refractivity contribution >= 4 is 34.6 Å². The number of hydrogen-bond donors (Lipinski definition) is 1. The summed E-state index contributed by atoms with van der Waals surface area (Å²) in [7, 11) is 0. The molecule has 2 aromatic heterocycles. The lowest BCUT2D eigenvalue weighted by atomic mass is 10.2. The first-order chi connectivity index (χ1) is 15.9. The number of carbonyl (C=O) groups excluding carboxylic acids is 2. The van der Waals surface area contributed by atoms with Crippen LogP contribution < -0.4 is 10.2 Å². The number of benzene rings is 2. The Morgan fingerprint density at radius 2 is 1.67 bits per heavy atom. The fraction of sp³-hybridized carbons (Fsp3) is 0.200. The van der Waals surface area contributed by atoms with E-state index in [0.717, 1.165) is 17.1 Å². The molecule has 0 bridgehead atoms. The van der Waals surface area contributed by atoms with Crippen molar-refractivity contribution in [3.8, 4) is 0 Å². The molecule has 0 aliphatic rings. The number of para-hydroxylation sites is 1. The smallest absolute Gasteiger partial charge is 0.340 e. The summed E-state index contributed by atoms with van der Waals surface area (Å²) >= 11 is 0. The molecule has 8 nitrogen and oxygen atoms in total. The maximum atomic E-state index is 12.9. The number of aryl methyl sites for hydroxylation is 1. The Hall–Kier alpha value is -4.20. The largest absolute Gasteiger partial charge is 0.452 e. The van der Waals surface area contributed by atoms with Crippen molar-refractivity contribution in [2.24, 2.45) is 0 Å². The summed E-state index contributed by atoms with van der Waals surface area (Å²) in [6.07, 6.45) is 1.61. The zero-order valence-corrected chi connectivity index (χ0v) is 18.7. The van der Waals surface area contributed by atoms with E-state index in [4.69, 9.17) is 4.74 Å². The van der Waals surface area contributed by atoms with Gasteiger partial charge in [-0.3, -0.25) is 9.20 Å². The van der Waals surface area contributed by atoms with Gasteiger partial charge in [0.1, 0.15) is 5.82 Å². The van der Waals surface area contributed by atoms with Crippen molar-refractivity contribution in [2.45, 2.75) is 26.8 Å². The molecular weight excluding hydrogens is 418 g/mol. The van der Waals surface area contributed by atoms with Crippen LogP contribution in [0.5, 0.6) is 0 Å². The zero-order chi connectivity index (χ0) is 23.4. The van der Waals surface area contributed by atoms with E-state index in [1.54, 1.807) is 34.6 Å². The lowest BCUT2D eigenvalue weighted by Gasteiger charge is -2.27. The predicted octanol–water partition coefficient (Wildman–Crippen LogP) is 4.38. The zero-order valence-electron chi connectivity index (χ0n) is 18.7. The van der Waals surface area contributed by atoms with Crippen molar-refractivity contribution in [3.63, 3.8) is 0 Å². The van der Waals surface area contributed by atoms with E-state index in [0.29, 0.717) is 17.0 Å². The fourth-order valence-electron chi connectivity index (χ4n) is 3.53. The van der Waals surface area contributed by atoms with Gasteiger partial charge in [-0.05, 0) is 69.3 Å². The van der Waals surface area contributed by atoms with E-state index in [-0.39, 0.29) is 18.6 Å². The molecule has 0 spiro atoms. The highest BCUT2D eigenvalue weighted by atomic mass is 16.5. The summed E-state index contributed by atoms with van der Waals surface area (Å²) < 4.78 is 7.01. The third kappa shape index (κ3) is 5.01. The first kappa shape index (κ1) is 22.0. The van der Waals surface area contributed by atoms with Gasteiger partial charge in [-0.15, -0.1) is 10.2 Å². The lowest BCUT2D eigenvalue weighted by Crippen LogP contribution is -2.39. The third-order valence-corrected chi connectivity index (χ3v) is 5.13. The van der Waals surface area contributed by atoms with Crippen LogP contribution in [0.15, 0.2) is 72.9 Å². The Bertz CT molecular complexity index is 1270. The van der Waals surface area contributed by atoms with E-state index in [1.165, 1.54) is 0 Å². The molecule has 0 atom stereocenters. The Morgan fingerprint density at radius 3 is 2.36 bits per heavy atom. The number of carbonyl (C=O) groups is 2. The van der Waals surface area contributed by atoms with Gasteiger partial charge in [0.05, 0.1) is 5.56 Å². The fourth-order valence-corrected chi connectivity index (χ4v) is 3.53. The van der Waals surface area contributed by atoms with Crippen LogP contribution in [0, 0.1) is 6.92 Å². The minimum atomic E-state index is -0.579. The second-order valence-electron chi connectivity index (χ2n) is 7.86. The molecule has 2 heterocycles. The number of nitrogens with zero attached hydrogens (tertiary/aromatic N) is 4. The van der Waals surface area contributed by atoms with Gasteiger partial charge in [0.2, 0.25) is 0 Å². The predicted molar refractivity (Wildman–Crippen MR) is 127 cm³/mol. The molecule has 4 aromatic rings. The second kappa shape index (κ2) is 9.52. The summed E-state index contributed by atoms with van der Waals surface area (Å²) in [5.41, 5.74) is 3.58. The van der Waals surface area contributed by atoms with E-state index in [9.17, 15) is 9.59 Å². The van der Waals surface area contributed by atoms with Crippen LogP contribution in [0.4, 0.5) is 17.1 Å². The normalized spacial score (nSPS) is 10.9. The van der Waals surface area contributed by atoms with Crippen LogP contribution >= 0.6 is 0 Å². The van der Waals surface area contributed by atoms with Gasteiger partial charge >= 0.3 is 5.97 Å². The number of esters is 1. The van der Waals surface area contributed by atoms with E-state index >= 15 is 0 Å². The van der Waals surface area contributed by atoms with Crippen molar-refractivity contribution < 1.29 is 14.3 Å². The Balaban J connectivity index is 1.42. The molecule has 0 aliphatic carbocycles. The van der Waals surface area contributed by atoms with Crippen molar-refractivity contribution in [1.29, 1.82) is 0 Å². The second-order valence-corrected chi connectivity index (χ2v) is 7.86. The summed E-state index contributed by atoms with van der Waals surface area (Å²) in [5, 5.41) is 11.3. The lowest BCUT2D eigenvalue weighted by molar-refractivity contribution is -0.122. The highest BCUT2D eigenvalue weighted by Gasteiger charge is 2.21. The molecule has 1 N–H and O–H groups in total. The molecule has 0 saturated heterocycles. The molecule has 8 heteroatoms. The number of aromatic nitrogens is 3. The van der Waals surface area contributed by atoms with Crippen LogP contribution in [0.3, 0.4) is 0 Å². The van der Waals surface area contributed by atoms with Crippen molar-refractivity contribution in [3.05, 3.63) is 84.3 Å². The Morgan fingerprint density at radius 1 is 0.970 bits per heavy atom. The number of hydrogen-bond acceptors (Lipinski definition) is 6. The van der Waals surface area contributed by atoms with E-state index < -0.39 is 5.97 Å². The third-order valence-electron chi connectivity index (χ3n) is 5.13. The molecule has 0 radical (unpaired) electrons. The molecule has 4 rings (SSSR count). The number of pyridine rings is 1. The molecule has 1 amide bonds. The number of rotatable bonds is 7. The molecule has 0 saturated carbocycles. The van der Waals surface area contributed by atoms with E-state index in [1.807, 2.05) is 68.4 Å². The average Bonchev–Trinajstić information content (AvgIpc) is 3.19. The van der Waals surface area contributed by atoms with Gasteiger partial charge in [-0.25, -0.2) is 4.79 Å². The summed E-state index contributed by atoms with van der Waals surface area (Å²) in [6.45, 7) is 5.26. The minimum Gasteiger partial charge on any atom is -0.452 e. The monoisotopic (exact) mass is 443 g/mol. The average molecular weight is 444 g/mol. The maximum absolute atomic E-state index is 12.9. The number of ether oxygens (including phenoxy) is 1. The molecule has 168 valence electrons. The standard InChI is InChI=1S/C25H25N5O3/c1-17(2)30(22-12-10-21(11-13-22)26-20-7-5-4-6-8-20)24(31)16-33-25(32)19-9-14-23-28-27-18(3)29(23)15-19/h4-15,17,26H,16H2,1-3H3. The van der Waals surface area contributed by atoms with Crippen LogP contribution in [0.2, 0.25) is 0 Å². The number of amides is 1. The number of anilines is 3. The number of fused-ring (bicyclic) bond motifs is 1. The minimum absolute atomic E-state index is 0.111. The molecular formula is C25H25N5O3. The van der Waals surface area contributed by atoms with Gasteiger partial charge in [-0.1, -0.05) is 18.2 Å². The van der Waals surface area contributed by atoms with Crippen LogP contribution in [0.1, 0.15) is 30.0 Å². The molecule has 0 unspecified atom stereocenters. The van der Waals surface area contributed by atoms with Crippen LogP contribution in [0.25, 0.3) is 5.65 Å². The quantitative estimate of drug-likeness (QED) is 0.427. The summed E-state index contributed by atoms with van der Waals surface area (Å²) in [4.78, 5) is 27.1. The maximum Gasteiger partial charge on any atom is 0.340 e. The van der Waals surface area contributed by atoms with E-state index in [2.05, 4.69) is 15.5 Å². The van der Waals surface area contributed by atoms with Gasteiger partial charge in [-0.2, -0.15) is 0 Å². The van der Waals surface area contributed by atoms with Gasteiger partial charge in [0.15, 0.2) is 12.3 Å². The number of nitrogens with one attached hydrogen (secondary N) is 1. The van der Waals surface area contributed by atoms with Crippen molar-refractivity contribution in [1.82, 2.24) is 14.6 Å². The summed E-state index contributed by atoms with van der Waals surface area (Å²) in [6, 6.07) is 20.6. The Kier molecular flexibility index (Phi) is 6.35. The van der Waals surface area contributed by atoms with Crippen molar-refractivity contribution in [2.75, 3.05) is 16.8 Å².